The van der Waals surface area contributed by atoms with Crippen molar-refractivity contribution in [1.82, 2.24) is 15.1 Å². The number of aryl methyl sites for hydroxylation is 2. The first kappa shape index (κ1) is 13.2. The van der Waals surface area contributed by atoms with E-state index in [1.54, 1.807) is 7.11 Å². The molecule has 0 bridgehead atoms. The van der Waals surface area contributed by atoms with Crippen molar-refractivity contribution in [1.29, 1.82) is 0 Å². The average Bonchev–Trinajstić information content (AvgIpc) is 2.59. The van der Waals surface area contributed by atoms with E-state index in [9.17, 15) is 0 Å². The first-order valence-electron chi connectivity index (χ1n) is 5.88. The van der Waals surface area contributed by atoms with Crippen LogP contribution in [0.4, 0.5) is 0 Å². The zero-order valence-electron chi connectivity index (χ0n) is 10.8. The number of nitrogens with zero attached hydrogens (tertiary/aromatic N) is 2. The normalized spacial score (nSPS) is 13.0. The second kappa shape index (κ2) is 6.66. The van der Waals surface area contributed by atoms with Gasteiger partial charge in [-0.2, -0.15) is 5.10 Å². The first-order valence-corrected chi connectivity index (χ1v) is 5.88. The highest BCUT2D eigenvalue weighted by molar-refractivity contribution is 5.16. The van der Waals surface area contributed by atoms with Gasteiger partial charge in [-0.3, -0.25) is 4.68 Å². The van der Waals surface area contributed by atoms with E-state index in [4.69, 9.17) is 4.74 Å². The first-order chi connectivity index (χ1) is 7.67. The minimum absolute atomic E-state index is 0.548. The van der Waals surface area contributed by atoms with Crippen molar-refractivity contribution in [2.24, 2.45) is 13.0 Å². The molecule has 1 heterocycles. The van der Waals surface area contributed by atoms with Crippen molar-refractivity contribution >= 4 is 0 Å². The summed E-state index contributed by atoms with van der Waals surface area (Å²) in [6.07, 6.45) is 3.08. The van der Waals surface area contributed by atoms with Crippen LogP contribution in [-0.4, -0.2) is 30.0 Å². The Balaban J connectivity index is 2.36. The molecule has 0 saturated heterocycles. The lowest BCUT2D eigenvalue weighted by Crippen LogP contribution is -2.23. The number of hydrogen-bond donors (Lipinski definition) is 1. The Hall–Kier alpha value is -0.870. The second-order valence-corrected chi connectivity index (χ2v) is 4.32. The molecule has 1 unspecified atom stereocenters. The highest BCUT2D eigenvalue weighted by Gasteiger charge is 2.06. The number of aromatic nitrogens is 2. The average molecular weight is 225 g/mol. The van der Waals surface area contributed by atoms with Crippen LogP contribution in [0.2, 0.25) is 0 Å². The summed E-state index contributed by atoms with van der Waals surface area (Å²) in [5, 5.41) is 7.86. The molecule has 4 heteroatoms. The maximum absolute atomic E-state index is 5.10. The smallest absolute Gasteiger partial charge is 0.0666 e. The Labute approximate surface area is 98.0 Å². The van der Waals surface area contributed by atoms with Crippen LogP contribution < -0.4 is 5.32 Å². The third kappa shape index (κ3) is 3.94. The van der Waals surface area contributed by atoms with Gasteiger partial charge in [0.05, 0.1) is 5.69 Å². The lowest BCUT2D eigenvalue weighted by molar-refractivity contribution is 0.158. The van der Waals surface area contributed by atoms with Crippen molar-refractivity contribution in [3.05, 3.63) is 17.5 Å². The molecule has 0 saturated carbocycles. The standard InChI is InChI=1S/C12H23N3O/c1-5-12-11(8-15(3)14-12)7-13-6-10(2)9-16-4/h8,10,13H,5-7,9H2,1-4H3. The van der Waals surface area contributed by atoms with Gasteiger partial charge in [-0.15, -0.1) is 0 Å². The summed E-state index contributed by atoms with van der Waals surface area (Å²) in [6, 6.07) is 0. The monoisotopic (exact) mass is 225 g/mol. The van der Waals surface area contributed by atoms with Crippen molar-refractivity contribution in [2.75, 3.05) is 20.3 Å². The highest BCUT2D eigenvalue weighted by atomic mass is 16.5. The molecule has 1 atom stereocenters. The van der Waals surface area contributed by atoms with E-state index in [0.29, 0.717) is 5.92 Å². The number of rotatable bonds is 7. The minimum Gasteiger partial charge on any atom is -0.384 e. The van der Waals surface area contributed by atoms with Crippen LogP contribution in [0.5, 0.6) is 0 Å². The number of nitrogens with one attached hydrogen (secondary N) is 1. The Morgan fingerprint density at radius 3 is 2.94 bits per heavy atom. The van der Waals surface area contributed by atoms with Crippen LogP contribution in [0.1, 0.15) is 25.1 Å². The van der Waals surface area contributed by atoms with Gasteiger partial charge in [0.1, 0.15) is 0 Å². The summed E-state index contributed by atoms with van der Waals surface area (Å²) >= 11 is 0. The quantitative estimate of drug-likeness (QED) is 0.761. The van der Waals surface area contributed by atoms with Gasteiger partial charge in [0.15, 0.2) is 0 Å². The molecule has 0 spiro atoms. The van der Waals surface area contributed by atoms with Gasteiger partial charge < -0.3 is 10.1 Å². The van der Waals surface area contributed by atoms with E-state index in [0.717, 1.165) is 26.1 Å². The van der Waals surface area contributed by atoms with Gasteiger partial charge in [0, 0.05) is 45.6 Å². The van der Waals surface area contributed by atoms with Crippen LogP contribution in [-0.2, 0) is 24.8 Å². The summed E-state index contributed by atoms with van der Waals surface area (Å²) in [6.45, 7) is 7.00. The van der Waals surface area contributed by atoms with E-state index in [1.807, 2.05) is 11.7 Å². The zero-order valence-corrected chi connectivity index (χ0v) is 10.8. The number of ether oxygens (including phenoxy) is 1. The lowest BCUT2D eigenvalue weighted by Gasteiger charge is -2.11. The van der Waals surface area contributed by atoms with Crippen molar-refractivity contribution in [3.8, 4) is 0 Å². The van der Waals surface area contributed by atoms with E-state index in [-0.39, 0.29) is 0 Å². The predicted molar refractivity (Wildman–Crippen MR) is 65.3 cm³/mol. The maximum Gasteiger partial charge on any atom is 0.0666 e. The summed E-state index contributed by atoms with van der Waals surface area (Å²) in [5.74, 6) is 0.548. The summed E-state index contributed by atoms with van der Waals surface area (Å²) in [7, 11) is 3.71. The molecule has 0 amide bonds. The van der Waals surface area contributed by atoms with Gasteiger partial charge >= 0.3 is 0 Å². The Morgan fingerprint density at radius 1 is 1.56 bits per heavy atom. The Kier molecular flexibility index (Phi) is 5.49. The van der Waals surface area contributed by atoms with E-state index < -0.39 is 0 Å². The number of methoxy groups -OCH3 is 1. The van der Waals surface area contributed by atoms with Crippen LogP contribution in [0.25, 0.3) is 0 Å². The van der Waals surface area contributed by atoms with Crippen LogP contribution in [0.15, 0.2) is 6.20 Å². The zero-order chi connectivity index (χ0) is 12.0. The molecule has 1 rings (SSSR count). The maximum atomic E-state index is 5.10. The molecule has 1 aromatic heterocycles. The van der Waals surface area contributed by atoms with Crippen LogP contribution in [0.3, 0.4) is 0 Å². The molecule has 0 aliphatic carbocycles. The van der Waals surface area contributed by atoms with E-state index in [2.05, 4.69) is 30.5 Å². The van der Waals surface area contributed by atoms with Crippen LogP contribution >= 0.6 is 0 Å². The lowest BCUT2D eigenvalue weighted by atomic mass is 10.2. The summed E-state index contributed by atoms with van der Waals surface area (Å²) < 4.78 is 6.98. The SMILES string of the molecule is CCc1nn(C)cc1CNCC(C)COC. The molecule has 92 valence electrons. The van der Waals surface area contributed by atoms with Crippen molar-refractivity contribution in [2.45, 2.75) is 26.8 Å². The molecule has 0 aromatic carbocycles. The topological polar surface area (TPSA) is 39.1 Å². The molecule has 1 N–H and O–H groups in total. The highest BCUT2D eigenvalue weighted by Crippen LogP contribution is 2.06. The van der Waals surface area contributed by atoms with Gasteiger partial charge in [0.25, 0.3) is 0 Å². The molecule has 16 heavy (non-hydrogen) atoms. The van der Waals surface area contributed by atoms with Crippen LogP contribution in [0, 0.1) is 5.92 Å². The second-order valence-electron chi connectivity index (χ2n) is 4.32. The molecule has 4 nitrogen and oxygen atoms in total. The third-order valence-corrected chi connectivity index (χ3v) is 2.59. The minimum atomic E-state index is 0.548. The van der Waals surface area contributed by atoms with Gasteiger partial charge in [-0.05, 0) is 12.3 Å². The van der Waals surface area contributed by atoms with E-state index >= 15 is 0 Å². The predicted octanol–water partition coefficient (Wildman–Crippen LogP) is 1.35. The molecule has 0 aliphatic rings. The number of hydrogen-bond acceptors (Lipinski definition) is 3. The molecule has 1 aromatic rings. The summed E-state index contributed by atoms with van der Waals surface area (Å²) in [5.41, 5.74) is 2.49. The molecular weight excluding hydrogens is 202 g/mol. The fourth-order valence-corrected chi connectivity index (χ4v) is 1.83. The molecule has 0 aliphatic heterocycles. The van der Waals surface area contributed by atoms with Crippen molar-refractivity contribution < 1.29 is 4.74 Å². The summed E-state index contributed by atoms with van der Waals surface area (Å²) in [4.78, 5) is 0. The largest absolute Gasteiger partial charge is 0.384 e. The molecular formula is C12H23N3O. The van der Waals surface area contributed by atoms with E-state index in [1.165, 1.54) is 11.3 Å². The Bertz CT molecular complexity index is 309. The third-order valence-electron chi connectivity index (χ3n) is 2.59. The van der Waals surface area contributed by atoms with Gasteiger partial charge in [-0.1, -0.05) is 13.8 Å². The molecule has 0 fully saturated rings. The molecule has 0 radical (unpaired) electrons. The van der Waals surface area contributed by atoms with Gasteiger partial charge in [0.2, 0.25) is 0 Å². The van der Waals surface area contributed by atoms with Crippen molar-refractivity contribution in [3.63, 3.8) is 0 Å². The fourth-order valence-electron chi connectivity index (χ4n) is 1.83. The Morgan fingerprint density at radius 2 is 2.31 bits per heavy atom. The fraction of sp³-hybridized carbons (Fsp3) is 0.750. The van der Waals surface area contributed by atoms with Gasteiger partial charge in [-0.25, -0.2) is 0 Å².